The van der Waals surface area contributed by atoms with Crippen LogP contribution in [0.5, 0.6) is 5.75 Å². The zero-order chi connectivity index (χ0) is 20.4. The number of carboxylic acid groups (broad SMARTS) is 1. The van der Waals surface area contributed by atoms with E-state index in [0.29, 0.717) is 31.4 Å². The smallest absolute Gasteiger partial charge is 0.303 e. The first-order chi connectivity index (χ1) is 13.5. The molecule has 6 nitrogen and oxygen atoms in total. The Kier molecular flexibility index (Phi) is 9.20. The molecule has 0 radical (unpaired) electrons. The Bertz CT molecular complexity index is 642. The van der Waals surface area contributed by atoms with Crippen LogP contribution in [-0.2, 0) is 4.79 Å². The van der Waals surface area contributed by atoms with E-state index in [0.717, 1.165) is 0 Å². The Labute approximate surface area is 165 Å². The van der Waals surface area contributed by atoms with E-state index in [1.165, 1.54) is 0 Å². The molecule has 4 N–H and O–H groups in total. The van der Waals surface area contributed by atoms with Gasteiger partial charge in [0.1, 0.15) is 18.5 Å². The summed E-state index contributed by atoms with van der Waals surface area (Å²) in [7, 11) is 0. The van der Waals surface area contributed by atoms with Crippen molar-refractivity contribution in [2.24, 2.45) is 11.8 Å². The fourth-order valence-corrected chi connectivity index (χ4v) is 3.46. The highest BCUT2D eigenvalue weighted by molar-refractivity contribution is 5.66. The minimum atomic E-state index is -0.808. The molecule has 0 saturated heterocycles. The molecule has 1 saturated carbocycles. The van der Waals surface area contributed by atoms with Crippen molar-refractivity contribution in [1.29, 1.82) is 0 Å². The molecule has 0 heterocycles. The second kappa shape index (κ2) is 11.6. The lowest BCUT2D eigenvalue weighted by Crippen LogP contribution is -2.21. The molecule has 1 unspecified atom stereocenters. The number of allylic oxidation sites excluding steroid dienone is 2. The van der Waals surface area contributed by atoms with E-state index in [1.807, 2.05) is 42.5 Å². The van der Waals surface area contributed by atoms with Crippen LogP contribution in [0.3, 0.4) is 0 Å². The minimum Gasteiger partial charge on any atom is -0.491 e. The van der Waals surface area contributed by atoms with Crippen molar-refractivity contribution in [3.05, 3.63) is 54.6 Å². The van der Waals surface area contributed by atoms with E-state index in [2.05, 4.69) is 0 Å². The predicted octanol–water partition coefficient (Wildman–Crippen LogP) is 2.54. The molecule has 0 aromatic heterocycles. The molecule has 2 rings (SSSR count). The molecule has 28 heavy (non-hydrogen) atoms. The summed E-state index contributed by atoms with van der Waals surface area (Å²) in [6, 6.07) is 9.22. The van der Waals surface area contributed by atoms with Crippen molar-refractivity contribution in [3.8, 4) is 5.75 Å². The predicted molar refractivity (Wildman–Crippen MR) is 106 cm³/mol. The summed E-state index contributed by atoms with van der Waals surface area (Å²) >= 11 is 0. The summed E-state index contributed by atoms with van der Waals surface area (Å²) in [6.45, 7) is 0.111. The van der Waals surface area contributed by atoms with Gasteiger partial charge in [-0.2, -0.15) is 0 Å². The van der Waals surface area contributed by atoms with Gasteiger partial charge < -0.3 is 25.2 Å². The van der Waals surface area contributed by atoms with E-state index in [4.69, 9.17) is 9.84 Å². The topological polar surface area (TPSA) is 107 Å². The van der Waals surface area contributed by atoms with Crippen molar-refractivity contribution in [2.75, 3.05) is 6.61 Å². The van der Waals surface area contributed by atoms with Crippen LogP contribution in [0.1, 0.15) is 32.1 Å². The van der Waals surface area contributed by atoms with Crippen molar-refractivity contribution >= 4 is 5.97 Å². The first kappa shape index (κ1) is 22.1. The molecular weight excluding hydrogens is 360 g/mol. The number of benzene rings is 1. The summed E-state index contributed by atoms with van der Waals surface area (Å²) in [6.07, 6.45) is 7.46. The summed E-state index contributed by atoms with van der Waals surface area (Å²) in [5.41, 5.74) is 0. The summed E-state index contributed by atoms with van der Waals surface area (Å²) in [5, 5.41) is 39.2. The number of carboxylic acids is 1. The van der Waals surface area contributed by atoms with Gasteiger partial charge in [0.25, 0.3) is 0 Å². The van der Waals surface area contributed by atoms with Gasteiger partial charge in [-0.05, 0) is 37.3 Å². The van der Waals surface area contributed by atoms with Gasteiger partial charge in [-0.3, -0.25) is 4.79 Å². The second-order valence-electron chi connectivity index (χ2n) is 7.18. The van der Waals surface area contributed by atoms with Crippen molar-refractivity contribution in [2.45, 2.75) is 50.4 Å². The van der Waals surface area contributed by atoms with Gasteiger partial charge >= 0.3 is 5.97 Å². The van der Waals surface area contributed by atoms with Crippen LogP contribution in [0.2, 0.25) is 0 Å². The van der Waals surface area contributed by atoms with Gasteiger partial charge in [-0.25, -0.2) is 0 Å². The highest BCUT2D eigenvalue weighted by Gasteiger charge is 2.39. The quantitative estimate of drug-likeness (QED) is 0.342. The molecular formula is C22H30O6. The Morgan fingerprint density at radius 3 is 2.64 bits per heavy atom. The first-order valence-electron chi connectivity index (χ1n) is 9.74. The Balaban J connectivity index is 1.82. The summed E-state index contributed by atoms with van der Waals surface area (Å²) in [4.78, 5) is 10.5. The van der Waals surface area contributed by atoms with Gasteiger partial charge in [0.05, 0.1) is 12.2 Å². The molecule has 0 amide bonds. The maximum atomic E-state index is 10.5. The molecule has 0 aliphatic heterocycles. The van der Waals surface area contributed by atoms with E-state index >= 15 is 0 Å². The number of aliphatic hydroxyl groups excluding tert-OH is 3. The van der Waals surface area contributed by atoms with Crippen LogP contribution in [0.25, 0.3) is 0 Å². The lowest BCUT2D eigenvalue weighted by molar-refractivity contribution is -0.137. The molecule has 5 atom stereocenters. The van der Waals surface area contributed by atoms with Gasteiger partial charge in [0.15, 0.2) is 0 Å². The molecule has 0 spiro atoms. The number of hydrogen-bond donors (Lipinski definition) is 4. The maximum absolute atomic E-state index is 10.5. The number of hydrogen-bond acceptors (Lipinski definition) is 5. The van der Waals surface area contributed by atoms with E-state index < -0.39 is 24.3 Å². The highest BCUT2D eigenvalue weighted by Crippen LogP contribution is 2.36. The standard InChI is InChI=1S/C22H30O6/c23-16(15-28-17-8-4-3-5-9-17)12-13-19-18(20(24)14-21(19)25)10-6-1-2-7-11-22(26)27/h1,3-6,8-9,12-13,16,18-21,23-25H,2,7,10-11,14-15H2,(H,26,27)/b6-1-,13-12+/t16-,18?,19-,20+,21-/m1/s1. The summed E-state index contributed by atoms with van der Waals surface area (Å²) in [5.74, 6) is -0.505. The van der Waals surface area contributed by atoms with Gasteiger partial charge in [-0.1, -0.05) is 42.5 Å². The van der Waals surface area contributed by atoms with Gasteiger partial charge in [0.2, 0.25) is 0 Å². The zero-order valence-electron chi connectivity index (χ0n) is 15.9. The van der Waals surface area contributed by atoms with Crippen molar-refractivity contribution in [3.63, 3.8) is 0 Å². The van der Waals surface area contributed by atoms with Crippen LogP contribution in [0.4, 0.5) is 0 Å². The number of para-hydroxylation sites is 1. The largest absolute Gasteiger partial charge is 0.491 e. The SMILES string of the molecule is O=C(O)CCC/C=C\CC1[C@@H](/C=C/[C@@H](O)COc2ccccc2)[C@H](O)C[C@@H]1O. The molecule has 0 bridgehead atoms. The van der Waals surface area contributed by atoms with Gasteiger partial charge in [-0.15, -0.1) is 0 Å². The third-order valence-corrected chi connectivity index (χ3v) is 4.97. The average molecular weight is 390 g/mol. The fraction of sp³-hybridized carbons (Fsp3) is 0.500. The molecule has 1 fully saturated rings. The van der Waals surface area contributed by atoms with E-state index in [9.17, 15) is 20.1 Å². The number of unbranched alkanes of at least 4 members (excludes halogenated alkanes) is 1. The Morgan fingerprint density at radius 2 is 1.93 bits per heavy atom. The molecule has 1 aliphatic rings. The molecule has 1 aliphatic carbocycles. The highest BCUT2D eigenvalue weighted by atomic mass is 16.5. The van der Waals surface area contributed by atoms with Crippen molar-refractivity contribution in [1.82, 2.24) is 0 Å². The molecule has 1 aromatic rings. The number of ether oxygens (including phenoxy) is 1. The normalized spacial score (nSPS) is 26.1. The third-order valence-electron chi connectivity index (χ3n) is 4.97. The van der Waals surface area contributed by atoms with Gasteiger partial charge in [0, 0.05) is 18.8 Å². The van der Waals surface area contributed by atoms with E-state index in [-0.39, 0.29) is 24.9 Å². The van der Waals surface area contributed by atoms with Crippen LogP contribution in [-0.4, -0.2) is 51.3 Å². The molecule has 1 aromatic carbocycles. The number of aliphatic hydroxyl groups is 3. The Hall–Kier alpha value is -2.15. The van der Waals surface area contributed by atoms with Crippen molar-refractivity contribution < 1.29 is 30.0 Å². The number of rotatable bonds is 11. The first-order valence-corrected chi connectivity index (χ1v) is 9.74. The minimum absolute atomic E-state index is 0.111. The van der Waals surface area contributed by atoms with Crippen LogP contribution >= 0.6 is 0 Å². The fourth-order valence-electron chi connectivity index (χ4n) is 3.46. The number of aliphatic carboxylic acids is 1. The van der Waals surface area contributed by atoms with Crippen LogP contribution < -0.4 is 4.74 Å². The lowest BCUT2D eigenvalue weighted by Gasteiger charge is -2.19. The van der Waals surface area contributed by atoms with Crippen LogP contribution in [0.15, 0.2) is 54.6 Å². The van der Waals surface area contributed by atoms with Crippen LogP contribution in [0, 0.1) is 11.8 Å². The maximum Gasteiger partial charge on any atom is 0.303 e. The third kappa shape index (κ3) is 7.46. The number of carbonyl (C=O) groups is 1. The Morgan fingerprint density at radius 1 is 1.18 bits per heavy atom. The zero-order valence-corrected chi connectivity index (χ0v) is 15.9. The molecule has 6 heteroatoms. The monoisotopic (exact) mass is 390 g/mol. The average Bonchev–Trinajstić information content (AvgIpc) is 2.94. The second-order valence-corrected chi connectivity index (χ2v) is 7.18. The molecule has 154 valence electrons. The van der Waals surface area contributed by atoms with E-state index in [1.54, 1.807) is 12.2 Å². The lowest BCUT2D eigenvalue weighted by atomic mass is 9.89. The summed E-state index contributed by atoms with van der Waals surface area (Å²) < 4.78 is 5.51.